The van der Waals surface area contributed by atoms with Gasteiger partial charge in [0.25, 0.3) is 0 Å². The van der Waals surface area contributed by atoms with Gasteiger partial charge in [-0.3, -0.25) is 4.68 Å². The van der Waals surface area contributed by atoms with Crippen molar-refractivity contribution in [1.29, 1.82) is 0 Å². The minimum atomic E-state index is -3.56. The van der Waals surface area contributed by atoms with Crippen LogP contribution in [0.2, 0.25) is 0 Å². The fraction of sp³-hybridized carbons (Fsp3) is 0.727. The summed E-state index contributed by atoms with van der Waals surface area (Å²) in [7, 11) is 1.71. The van der Waals surface area contributed by atoms with Crippen LogP contribution in [0.25, 0.3) is 0 Å². The second kappa shape index (κ2) is 5.10. The number of rotatable bonds is 4. The van der Waals surface area contributed by atoms with Gasteiger partial charge in [-0.05, 0) is 26.4 Å². The number of aromatic nitrogens is 2. The molecule has 19 heavy (non-hydrogen) atoms. The predicted molar refractivity (Wildman–Crippen MR) is 73.1 cm³/mol. The lowest BCUT2D eigenvalue weighted by Gasteiger charge is -2.25. The summed E-state index contributed by atoms with van der Waals surface area (Å²) in [4.78, 5) is 2.27. The van der Waals surface area contributed by atoms with Gasteiger partial charge in [-0.25, -0.2) is 8.42 Å². The Bertz CT molecular complexity index is 553. The Morgan fingerprint density at radius 1 is 1.53 bits per heavy atom. The lowest BCUT2D eigenvalue weighted by atomic mass is 10.2. The van der Waals surface area contributed by atoms with Gasteiger partial charge in [0.2, 0.25) is 10.0 Å². The molecule has 7 nitrogen and oxygen atoms in total. The Morgan fingerprint density at radius 2 is 2.21 bits per heavy atom. The maximum Gasteiger partial charge on any atom is 0.248 e. The van der Waals surface area contributed by atoms with Gasteiger partial charge in [-0.2, -0.15) is 9.40 Å². The molecule has 0 aromatic carbocycles. The van der Waals surface area contributed by atoms with E-state index in [4.69, 9.17) is 5.73 Å². The number of nitrogens with two attached hydrogens (primary N) is 1. The third-order valence-corrected chi connectivity index (χ3v) is 5.49. The third-order valence-electron chi connectivity index (χ3n) is 3.65. The summed E-state index contributed by atoms with van der Waals surface area (Å²) in [6.45, 7) is 1.50. The fourth-order valence-electron chi connectivity index (χ4n) is 2.46. The Hall–Kier alpha value is -1.12. The fourth-order valence-corrected chi connectivity index (χ4v) is 3.75. The van der Waals surface area contributed by atoms with E-state index in [1.54, 1.807) is 14.1 Å². The molecule has 1 aromatic rings. The molecule has 0 radical (unpaired) electrons. The minimum absolute atomic E-state index is 0.0501. The molecule has 0 aliphatic carbocycles. The molecule has 8 heteroatoms. The van der Waals surface area contributed by atoms with E-state index < -0.39 is 10.0 Å². The van der Waals surface area contributed by atoms with E-state index in [0.29, 0.717) is 6.54 Å². The average Bonchev–Trinajstić information content (AvgIpc) is 2.86. The SMILES string of the molecule is CN1CCCC1CN(C)S(=O)(=O)c1cn(C)nc1N. The van der Waals surface area contributed by atoms with Gasteiger partial charge >= 0.3 is 0 Å². The molecule has 2 heterocycles. The summed E-state index contributed by atoms with van der Waals surface area (Å²) in [6.07, 6.45) is 3.59. The Kier molecular flexibility index (Phi) is 3.84. The van der Waals surface area contributed by atoms with Gasteiger partial charge in [0.15, 0.2) is 5.82 Å². The zero-order valence-electron chi connectivity index (χ0n) is 11.6. The molecule has 1 aliphatic rings. The molecule has 108 valence electrons. The van der Waals surface area contributed by atoms with Crippen molar-refractivity contribution in [1.82, 2.24) is 19.0 Å². The second-order valence-corrected chi connectivity index (χ2v) is 7.13. The van der Waals surface area contributed by atoms with E-state index in [0.717, 1.165) is 19.4 Å². The van der Waals surface area contributed by atoms with Crippen LogP contribution in [0.1, 0.15) is 12.8 Å². The van der Waals surface area contributed by atoms with Crippen molar-refractivity contribution in [2.75, 3.05) is 32.9 Å². The first-order valence-electron chi connectivity index (χ1n) is 6.28. The molecule has 1 fully saturated rings. The van der Waals surface area contributed by atoms with Gasteiger partial charge in [-0.1, -0.05) is 0 Å². The minimum Gasteiger partial charge on any atom is -0.381 e. The van der Waals surface area contributed by atoms with Crippen LogP contribution < -0.4 is 5.73 Å². The summed E-state index contributed by atoms with van der Waals surface area (Å²) in [6, 6.07) is 0.276. The van der Waals surface area contributed by atoms with Gasteiger partial charge in [0, 0.05) is 32.9 Å². The number of hydrogen-bond donors (Lipinski definition) is 1. The Labute approximate surface area is 114 Å². The molecule has 0 saturated carbocycles. The van der Waals surface area contributed by atoms with Crippen LogP contribution in [0, 0.1) is 0 Å². The molecule has 1 atom stereocenters. The van der Waals surface area contributed by atoms with Crippen molar-refractivity contribution in [2.24, 2.45) is 7.05 Å². The maximum absolute atomic E-state index is 12.4. The molecule has 0 spiro atoms. The van der Waals surface area contributed by atoms with Crippen LogP contribution in [0.15, 0.2) is 11.1 Å². The quantitative estimate of drug-likeness (QED) is 0.823. The average molecular weight is 287 g/mol. The zero-order valence-corrected chi connectivity index (χ0v) is 12.4. The van der Waals surface area contributed by atoms with Crippen molar-refractivity contribution < 1.29 is 8.42 Å². The Balaban J connectivity index is 2.17. The first-order valence-corrected chi connectivity index (χ1v) is 7.72. The number of nitrogens with zero attached hydrogens (tertiary/aromatic N) is 4. The van der Waals surface area contributed by atoms with Crippen LogP contribution in [-0.4, -0.2) is 60.6 Å². The smallest absolute Gasteiger partial charge is 0.248 e. The lowest BCUT2D eigenvalue weighted by molar-refractivity contribution is 0.271. The highest BCUT2D eigenvalue weighted by Gasteiger charge is 2.30. The van der Waals surface area contributed by atoms with E-state index in [-0.39, 0.29) is 16.8 Å². The Morgan fingerprint density at radius 3 is 2.68 bits per heavy atom. The number of likely N-dealkylation sites (tertiary alicyclic amines) is 1. The van der Waals surface area contributed by atoms with Crippen LogP contribution in [0.5, 0.6) is 0 Å². The number of nitrogen functional groups attached to an aromatic ring is 1. The topological polar surface area (TPSA) is 84.5 Å². The van der Waals surface area contributed by atoms with Gasteiger partial charge < -0.3 is 10.6 Å². The van der Waals surface area contributed by atoms with Gasteiger partial charge in [-0.15, -0.1) is 0 Å². The number of aryl methyl sites for hydroxylation is 1. The largest absolute Gasteiger partial charge is 0.381 e. The summed E-state index contributed by atoms with van der Waals surface area (Å²) in [5.74, 6) is 0.0501. The number of anilines is 1. The molecular formula is C11H21N5O2S. The van der Waals surface area contributed by atoms with Crippen LogP contribution >= 0.6 is 0 Å². The van der Waals surface area contributed by atoms with Crippen molar-refractivity contribution in [3.8, 4) is 0 Å². The standard InChI is InChI=1S/C11H21N5O2S/c1-14-6-4-5-9(14)7-16(3)19(17,18)10-8-15(2)13-11(10)12/h8-9H,4-7H2,1-3H3,(H2,12,13). The first-order chi connectivity index (χ1) is 8.82. The van der Waals surface area contributed by atoms with Crippen molar-refractivity contribution >= 4 is 15.8 Å². The molecular weight excluding hydrogens is 266 g/mol. The van der Waals surface area contributed by atoms with Crippen LogP contribution in [-0.2, 0) is 17.1 Å². The van der Waals surface area contributed by atoms with E-state index in [2.05, 4.69) is 10.00 Å². The summed E-state index contributed by atoms with van der Waals surface area (Å²) >= 11 is 0. The molecule has 2 N–H and O–H groups in total. The highest BCUT2D eigenvalue weighted by molar-refractivity contribution is 7.89. The van der Waals surface area contributed by atoms with Crippen molar-refractivity contribution in [3.05, 3.63) is 6.20 Å². The summed E-state index contributed by atoms with van der Waals surface area (Å²) in [5, 5.41) is 3.88. The molecule has 1 unspecified atom stereocenters. The van der Waals surface area contributed by atoms with E-state index in [1.807, 2.05) is 7.05 Å². The second-order valence-electron chi connectivity index (χ2n) is 5.11. The molecule has 0 bridgehead atoms. The molecule has 1 saturated heterocycles. The van der Waals surface area contributed by atoms with Crippen LogP contribution in [0.3, 0.4) is 0 Å². The predicted octanol–water partition coefficient (Wildman–Crippen LogP) is -0.283. The highest BCUT2D eigenvalue weighted by atomic mass is 32.2. The van der Waals surface area contributed by atoms with E-state index in [9.17, 15) is 8.42 Å². The van der Waals surface area contributed by atoms with Crippen molar-refractivity contribution in [2.45, 2.75) is 23.8 Å². The third kappa shape index (κ3) is 2.75. The molecule has 2 rings (SSSR count). The van der Waals surface area contributed by atoms with E-state index >= 15 is 0 Å². The van der Waals surface area contributed by atoms with Gasteiger partial charge in [0.05, 0.1) is 0 Å². The monoisotopic (exact) mass is 287 g/mol. The maximum atomic E-state index is 12.4. The number of likely N-dealkylation sites (N-methyl/N-ethyl adjacent to an activating group) is 2. The first kappa shape index (κ1) is 14.3. The zero-order chi connectivity index (χ0) is 14.2. The normalized spacial score (nSPS) is 21.4. The van der Waals surface area contributed by atoms with Crippen molar-refractivity contribution in [3.63, 3.8) is 0 Å². The summed E-state index contributed by atoms with van der Waals surface area (Å²) in [5.41, 5.74) is 5.65. The highest BCUT2D eigenvalue weighted by Crippen LogP contribution is 2.22. The van der Waals surface area contributed by atoms with Crippen LogP contribution in [0.4, 0.5) is 5.82 Å². The number of sulfonamides is 1. The van der Waals surface area contributed by atoms with Gasteiger partial charge in [0.1, 0.15) is 4.90 Å². The molecule has 1 aliphatic heterocycles. The molecule has 0 amide bonds. The lowest BCUT2D eigenvalue weighted by Crippen LogP contribution is -2.39. The number of hydrogen-bond acceptors (Lipinski definition) is 5. The van der Waals surface area contributed by atoms with E-state index in [1.165, 1.54) is 15.2 Å². The molecule has 1 aromatic heterocycles. The summed E-state index contributed by atoms with van der Waals surface area (Å²) < 4.78 is 27.7.